The van der Waals surface area contributed by atoms with E-state index in [0.29, 0.717) is 5.92 Å². The standard InChI is InChI=1S/C8H11N/c1-3-8(2)6-4-5-7-9/h8H,3,9H2,1-2H3. The second-order valence-electron chi connectivity index (χ2n) is 1.85. The third kappa shape index (κ3) is 4.78. The van der Waals surface area contributed by atoms with Gasteiger partial charge in [-0.25, -0.2) is 0 Å². The third-order valence-electron chi connectivity index (χ3n) is 1.07. The molecule has 1 atom stereocenters. The van der Waals surface area contributed by atoms with E-state index in [1.807, 2.05) is 0 Å². The molecule has 0 aliphatic rings. The average molecular weight is 121 g/mol. The van der Waals surface area contributed by atoms with Crippen molar-refractivity contribution < 1.29 is 0 Å². The predicted molar refractivity (Wildman–Crippen MR) is 39.2 cm³/mol. The number of hydrogen-bond acceptors (Lipinski definition) is 1. The Morgan fingerprint density at radius 1 is 1.44 bits per heavy atom. The molecular weight excluding hydrogens is 110 g/mol. The predicted octanol–water partition coefficient (Wildman–Crippen LogP) is 0.956. The van der Waals surface area contributed by atoms with Gasteiger partial charge < -0.3 is 5.73 Å². The van der Waals surface area contributed by atoms with Gasteiger partial charge in [-0.15, -0.1) is 0 Å². The van der Waals surface area contributed by atoms with E-state index in [1.165, 1.54) is 0 Å². The van der Waals surface area contributed by atoms with Gasteiger partial charge in [0, 0.05) is 17.9 Å². The minimum absolute atomic E-state index is 0.436. The van der Waals surface area contributed by atoms with Crippen LogP contribution in [-0.4, -0.2) is 0 Å². The molecule has 48 valence electrons. The molecular formula is C8H11N. The smallest absolute Gasteiger partial charge is 0.0182 e. The lowest BCUT2D eigenvalue weighted by Gasteiger charge is -1.91. The van der Waals surface area contributed by atoms with Gasteiger partial charge in [-0.3, -0.25) is 0 Å². The maximum Gasteiger partial charge on any atom is 0.0182 e. The van der Waals surface area contributed by atoms with Crippen LogP contribution in [0.4, 0.5) is 0 Å². The fourth-order valence-electron chi connectivity index (χ4n) is 0.297. The summed E-state index contributed by atoms with van der Waals surface area (Å²) in [5.41, 5.74) is 4.89. The summed E-state index contributed by atoms with van der Waals surface area (Å²) in [5, 5.41) is 0. The van der Waals surface area contributed by atoms with Gasteiger partial charge in [0.15, 0.2) is 0 Å². The molecule has 9 heavy (non-hydrogen) atoms. The maximum absolute atomic E-state index is 4.89. The lowest BCUT2D eigenvalue weighted by molar-refractivity contribution is 0.723. The van der Waals surface area contributed by atoms with Crippen molar-refractivity contribution in [3.05, 3.63) is 0 Å². The molecule has 0 bridgehead atoms. The molecule has 0 saturated carbocycles. The summed E-state index contributed by atoms with van der Waals surface area (Å²) in [5.74, 6) is 8.50. The molecule has 0 saturated heterocycles. The van der Waals surface area contributed by atoms with Gasteiger partial charge in [-0.1, -0.05) is 19.8 Å². The average Bonchev–Trinajstić information content (AvgIpc) is 1.89. The molecule has 0 aliphatic carbocycles. The third-order valence-corrected chi connectivity index (χ3v) is 1.07. The van der Waals surface area contributed by atoms with Crippen LogP contribution in [0.25, 0.3) is 0 Å². The molecule has 0 amide bonds. The van der Waals surface area contributed by atoms with E-state index >= 15 is 0 Å². The molecule has 0 fully saturated rings. The number of hydrogen-bond donors (Lipinski definition) is 1. The van der Waals surface area contributed by atoms with Gasteiger partial charge in [0.2, 0.25) is 0 Å². The summed E-state index contributed by atoms with van der Waals surface area (Å²) in [4.78, 5) is 0. The van der Waals surface area contributed by atoms with Gasteiger partial charge in [0.25, 0.3) is 0 Å². The number of rotatable bonds is 1. The molecule has 0 aromatic heterocycles. The highest BCUT2D eigenvalue weighted by Crippen LogP contribution is 1.95. The van der Waals surface area contributed by atoms with E-state index in [2.05, 4.69) is 37.7 Å². The number of nitrogens with two attached hydrogens (primary N) is 1. The van der Waals surface area contributed by atoms with Gasteiger partial charge in [-0.2, -0.15) is 0 Å². The summed E-state index contributed by atoms with van der Waals surface area (Å²) in [7, 11) is 0. The van der Waals surface area contributed by atoms with Crippen LogP contribution in [0.1, 0.15) is 20.3 Å². The van der Waals surface area contributed by atoms with Crippen molar-refractivity contribution in [2.24, 2.45) is 11.7 Å². The van der Waals surface area contributed by atoms with Gasteiger partial charge in [0.05, 0.1) is 0 Å². The van der Waals surface area contributed by atoms with Gasteiger partial charge >= 0.3 is 0 Å². The fourth-order valence-corrected chi connectivity index (χ4v) is 0.297. The van der Waals surface area contributed by atoms with Crippen LogP contribution in [0.15, 0.2) is 0 Å². The molecule has 1 unspecified atom stereocenters. The van der Waals surface area contributed by atoms with Crippen molar-refractivity contribution in [2.45, 2.75) is 20.3 Å². The molecule has 0 aromatic carbocycles. The van der Waals surface area contributed by atoms with Gasteiger partial charge in [-0.05, 0) is 12.3 Å². The molecule has 0 rings (SSSR count). The summed E-state index contributed by atoms with van der Waals surface area (Å²) in [6.07, 6.45) is 1.07. The fraction of sp³-hybridized carbons (Fsp3) is 0.500. The molecule has 0 heterocycles. The molecule has 1 heteroatoms. The zero-order chi connectivity index (χ0) is 7.11. The second kappa shape index (κ2) is 5.06. The Morgan fingerprint density at radius 2 is 2.11 bits per heavy atom. The van der Waals surface area contributed by atoms with Crippen LogP contribution >= 0.6 is 0 Å². The lowest BCUT2D eigenvalue weighted by atomic mass is 10.1. The largest absolute Gasteiger partial charge is 0.359 e. The first kappa shape index (κ1) is 7.92. The van der Waals surface area contributed by atoms with Crippen molar-refractivity contribution in [1.29, 1.82) is 0 Å². The second-order valence-corrected chi connectivity index (χ2v) is 1.85. The lowest BCUT2D eigenvalue weighted by Crippen LogP contribution is -1.84. The van der Waals surface area contributed by atoms with Crippen LogP contribution in [0.2, 0.25) is 0 Å². The van der Waals surface area contributed by atoms with Crippen molar-refractivity contribution in [3.63, 3.8) is 0 Å². The van der Waals surface area contributed by atoms with Crippen LogP contribution in [-0.2, 0) is 0 Å². The van der Waals surface area contributed by atoms with Crippen molar-refractivity contribution in [1.82, 2.24) is 0 Å². The van der Waals surface area contributed by atoms with E-state index in [4.69, 9.17) is 5.73 Å². The zero-order valence-corrected chi connectivity index (χ0v) is 5.86. The first-order valence-corrected chi connectivity index (χ1v) is 3.02. The Bertz CT molecular complexity index is 172. The highest BCUT2D eigenvalue weighted by Gasteiger charge is 1.86. The summed E-state index contributed by atoms with van der Waals surface area (Å²) in [6.45, 7) is 4.15. The van der Waals surface area contributed by atoms with Crippen LogP contribution in [0, 0.1) is 29.7 Å². The minimum Gasteiger partial charge on any atom is -0.359 e. The summed E-state index contributed by atoms with van der Waals surface area (Å²) < 4.78 is 0. The first-order valence-electron chi connectivity index (χ1n) is 3.02. The highest BCUT2D eigenvalue weighted by molar-refractivity contribution is 5.25. The minimum atomic E-state index is 0.436. The Morgan fingerprint density at radius 3 is 2.56 bits per heavy atom. The normalized spacial score (nSPS) is 10.0. The topological polar surface area (TPSA) is 26.0 Å². The molecule has 1 nitrogen and oxygen atoms in total. The van der Waals surface area contributed by atoms with Crippen LogP contribution < -0.4 is 5.73 Å². The zero-order valence-electron chi connectivity index (χ0n) is 5.86. The quantitative estimate of drug-likeness (QED) is 0.406. The van der Waals surface area contributed by atoms with E-state index < -0.39 is 0 Å². The van der Waals surface area contributed by atoms with Crippen LogP contribution in [0.3, 0.4) is 0 Å². The maximum atomic E-state index is 4.89. The molecule has 0 aromatic rings. The Labute approximate surface area is 56.6 Å². The molecule has 0 radical (unpaired) electrons. The van der Waals surface area contributed by atoms with Crippen molar-refractivity contribution in [3.8, 4) is 23.8 Å². The van der Waals surface area contributed by atoms with Crippen LogP contribution in [0.5, 0.6) is 0 Å². The molecule has 0 aliphatic heterocycles. The van der Waals surface area contributed by atoms with E-state index in [1.54, 1.807) is 0 Å². The first-order chi connectivity index (χ1) is 4.31. The summed E-state index contributed by atoms with van der Waals surface area (Å²) >= 11 is 0. The Hall–Kier alpha value is -1.08. The Kier molecular flexibility index (Phi) is 4.46. The SMILES string of the molecule is CCC(C)C#CC#CN. The highest BCUT2D eigenvalue weighted by atomic mass is 14.4. The van der Waals surface area contributed by atoms with E-state index in [-0.39, 0.29) is 0 Å². The monoisotopic (exact) mass is 121 g/mol. The molecule has 2 N–H and O–H groups in total. The summed E-state index contributed by atoms with van der Waals surface area (Å²) in [6, 6.07) is 2.22. The molecule has 0 spiro atoms. The van der Waals surface area contributed by atoms with Gasteiger partial charge in [0.1, 0.15) is 0 Å². The van der Waals surface area contributed by atoms with E-state index in [9.17, 15) is 0 Å². The van der Waals surface area contributed by atoms with E-state index in [0.717, 1.165) is 6.42 Å². The van der Waals surface area contributed by atoms with Crippen molar-refractivity contribution in [2.75, 3.05) is 0 Å². The van der Waals surface area contributed by atoms with Crippen molar-refractivity contribution >= 4 is 0 Å². The Balaban J connectivity index is 3.67.